The largest absolute Gasteiger partial charge is 0.480 e. The maximum atomic E-state index is 14.3. The molecule has 5 aromatic rings. The Bertz CT molecular complexity index is 1830. The van der Waals surface area contributed by atoms with Gasteiger partial charge in [-0.1, -0.05) is 0 Å². The number of sulfonamides is 1. The predicted octanol–water partition coefficient (Wildman–Crippen LogP) is 4.17. The highest BCUT2D eigenvalue weighted by atomic mass is 32.2. The number of likely N-dealkylation sites (tertiary alicyclic amines) is 1. The molecule has 1 aromatic carbocycles. The van der Waals surface area contributed by atoms with E-state index in [1.54, 1.807) is 28.9 Å². The van der Waals surface area contributed by atoms with Crippen LogP contribution in [-0.4, -0.2) is 64.6 Å². The lowest BCUT2D eigenvalue weighted by atomic mass is 10.1. The van der Waals surface area contributed by atoms with Crippen molar-refractivity contribution in [3.8, 4) is 28.6 Å². The maximum absolute atomic E-state index is 14.3. The van der Waals surface area contributed by atoms with E-state index in [0.29, 0.717) is 46.7 Å². The predicted molar refractivity (Wildman–Crippen MR) is 145 cm³/mol. The molecule has 1 fully saturated rings. The lowest BCUT2D eigenvalue weighted by Crippen LogP contribution is -2.22. The first-order valence-electron chi connectivity index (χ1n) is 12.9. The molecule has 0 bridgehead atoms. The molecular formula is C27H25F2N7O4S. The summed E-state index contributed by atoms with van der Waals surface area (Å²) in [6.45, 7) is 3.04. The van der Waals surface area contributed by atoms with Crippen LogP contribution in [-0.2, 0) is 16.4 Å². The molecule has 4 aromatic heterocycles. The summed E-state index contributed by atoms with van der Waals surface area (Å²) >= 11 is 0. The van der Waals surface area contributed by atoms with E-state index in [0.717, 1.165) is 31.8 Å². The molecule has 0 saturated carbocycles. The summed E-state index contributed by atoms with van der Waals surface area (Å²) in [6.07, 6.45) is 8.02. The van der Waals surface area contributed by atoms with Crippen molar-refractivity contribution in [2.24, 2.45) is 0 Å². The van der Waals surface area contributed by atoms with Crippen molar-refractivity contribution >= 4 is 21.4 Å². The van der Waals surface area contributed by atoms with Crippen molar-refractivity contribution in [3.63, 3.8) is 0 Å². The van der Waals surface area contributed by atoms with Crippen molar-refractivity contribution in [2.45, 2.75) is 24.2 Å². The Balaban J connectivity index is 1.29. The molecule has 41 heavy (non-hydrogen) atoms. The van der Waals surface area contributed by atoms with Crippen LogP contribution < -0.4 is 9.46 Å². The van der Waals surface area contributed by atoms with Gasteiger partial charge in [0.2, 0.25) is 11.8 Å². The van der Waals surface area contributed by atoms with Crippen molar-refractivity contribution in [2.75, 3.05) is 31.5 Å². The van der Waals surface area contributed by atoms with Crippen molar-refractivity contribution in [3.05, 3.63) is 72.5 Å². The number of anilines is 1. The number of hydrogen-bond acceptors (Lipinski definition) is 9. The van der Waals surface area contributed by atoms with Crippen molar-refractivity contribution in [1.82, 2.24) is 29.5 Å². The Kier molecular flexibility index (Phi) is 7.09. The lowest BCUT2D eigenvalue weighted by Gasteiger charge is -2.13. The van der Waals surface area contributed by atoms with Gasteiger partial charge in [0.1, 0.15) is 33.6 Å². The molecule has 5 heterocycles. The fraction of sp³-hybridized carbons (Fsp3) is 0.259. The Labute approximate surface area is 233 Å². The lowest BCUT2D eigenvalue weighted by molar-refractivity contribution is 0.329. The average molecular weight is 582 g/mol. The molecule has 14 heteroatoms. The second kappa shape index (κ2) is 10.9. The van der Waals surface area contributed by atoms with E-state index in [-0.39, 0.29) is 11.6 Å². The Morgan fingerprint density at radius 2 is 1.85 bits per heavy atom. The van der Waals surface area contributed by atoms with Gasteiger partial charge in [0, 0.05) is 42.6 Å². The second-order valence-corrected chi connectivity index (χ2v) is 11.2. The van der Waals surface area contributed by atoms with E-state index in [1.165, 1.54) is 32.2 Å². The zero-order chi connectivity index (χ0) is 28.6. The van der Waals surface area contributed by atoms with Crippen LogP contribution in [0.5, 0.6) is 5.88 Å². The first-order valence-corrected chi connectivity index (χ1v) is 14.3. The van der Waals surface area contributed by atoms with E-state index in [1.807, 2.05) is 0 Å². The molecule has 1 saturated heterocycles. The van der Waals surface area contributed by atoms with E-state index in [2.05, 4.69) is 29.8 Å². The van der Waals surface area contributed by atoms with E-state index in [4.69, 9.17) is 9.15 Å². The van der Waals surface area contributed by atoms with Gasteiger partial charge >= 0.3 is 0 Å². The number of ether oxygens (including phenoxy) is 1. The van der Waals surface area contributed by atoms with Gasteiger partial charge in [0.05, 0.1) is 13.3 Å². The summed E-state index contributed by atoms with van der Waals surface area (Å²) in [7, 11) is -3.10. The number of nitrogens with one attached hydrogen (secondary N) is 1. The van der Waals surface area contributed by atoms with E-state index < -0.39 is 26.6 Å². The molecule has 1 aliphatic rings. The quantitative estimate of drug-likeness (QED) is 0.273. The van der Waals surface area contributed by atoms with Crippen LogP contribution in [0.3, 0.4) is 0 Å². The molecule has 11 nitrogen and oxygen atoms in total. The van der Waals surface area contributed by atoms with Crippen LogP contribution in [0, 0.1) is 11.6 Å². The SMILES string of the molecule is COc1ncc(-c2ccc3ncc(-c4nnc(CCN5CCCC5)o4)n3c2)cc1NS(=O)(=O)c1ccc(F)cc1F. The summed E-state index contributed by atoms with van der Waals surface area (Å²) in [5, 5.41) is 8.42. The van der Waals surface area contributed by atoms with Crippen molar-refractivity contribution < 1.29 is 26.4 Å². The van der Waals surface area contributed by atoms with E-state index >= 15 is 0 Å². The minimum atomic E-state index is -4.43. The highest BCUT2D eigenvalue weighted by Crippen LogP contribution is 2.32. The molecular weight excluding hydrogens is 556 g/mol. The van der Waals surface area contributed by atoms with Gasteiger partial charge in [-0.25, -0.2) is 27.2 Å². The molecule has 212 valence electrons. The van der Waals surface area contributed by atoms with Gasteiger partial charge in [-0.2, -0.15) is 0 Å². The molecule has 0 aliphatic carbocycles. The summed E-state index contributed by atoms with van der Waals surface area (Å²) in [5.74, 6) is -1.27. The third kappa shape index (κ3) is 5.47. The van der Waals surface area contributed by atoms with Crippen molar-refractivity contribution in [1.29, 1.82) is 0 Å². The number of pyridine rings is 2. The van der Waals surface area contributed by atoms with Crippen LogP contribution in [0.15, 0.2) is 64.3 Å². The Morgan fingerprint density at radius 1 is 1.02 bits per heavy atom. The molecule has 1 aliphatic heterocycles. The minimum absolute atomic E-state index is 0.0285. The average Bonchev–Trinajstić information content (AvgIpc) is 3.72. The summed E-state index contributed by atoms with van der Waals surface area (Å²) in [4.78, 5) is 10.3. The maximum Gasteiger partial charge on any atom is 0.266 e. The van der Waals surface area contributed by atoms with Crippen LogP contribution in [0.1, 0.15) is 18.7 Å². The first-order chi connectivity index (χ1) is 19.8. The number of aromatic nitrogens is 5. The Hall–Kier alpha value is -4.43. The van der Waals surface area contributed by atoms with Crippen LogP contribution in [0.2, 0.25) is 0 Å². The number of hydrogen-bond donors (Lipinski definition) is 1. The number of rotatable bonds is 9. The summed E-state index contributed by atoms with van der Waals surface area (Å²) < 4.78 is 68.7. The van der Waals surface area contributed by atoms with Gasteiger partial charge in [-0.15, -0.1) is 10.2 Å². The molecule has 0 unspecified atom stereocenters. The molecule has 0 atom stereocenters. The Morgan fingerprint density at radius 3 is 2.63 bits per heavy atom. The number of halogens is 2. The first kappa shape index (κ1) is 26.8. The fourth-order valence-electron chi connectivity index (χ4n) is 4.77. The van der Waals surface area contributed by atoms with Gasteiger partial charge in [-0.05, 0) is 56.3 Å². The van der Waals surface area contributed by atoms with Gasteiger partial charge < -0.3 is 14.1 Å². The van der Waals surface area contributed by atoms with Crippen LogP contribution >= 0.6 is 0 Å². The number of fused-ring (bicyclic) bond motifs is 1. The third-order valence-electron chi connectivity index (χ3n) is 6.84. The van der Waals surface area contributed by atoms with Gasteiger partial charge in [-0.3, -0.25) is 9.12 Å². The smallest absolute Gasteiger partial charge is 0.266 e. The monoisotopic (exact) mass is 581 g/mol. The summed E-state index contributed by atoms with van der Waals surface area (Å²) in [6, 6.07) is 7.29. The highest BCUT2D eigenvalue weighted by molar-refractivity contribution is 7.92. The number of nitrogens with zero attached hydrogens (tertiary/aromatic N) is 6. The molecule has 0 spiro atoms. The third-order valence-corrected chi connectivity index (χ3v) is 8.24. The zero-order valence-electron chi connectivity index (χ0n) is 21.9. The molecule has 1 N–H and O–H groups in total. The second-order valence-electron chi connectivity index (χ2n) is 9.55. The zero-order valence-corrected chi connectivity index (χ0v) is 22.7. The minimum Gasteiger partial charge on any atom is -0.480 e. The summed E-state index contributed by atoms with van der Waals surface area (Å²) in [5.41, 5.74) is 2.39. The van der Waals surface area contributed by atoms with Crippen LogP contribution in [0.4, 0.5) is 14.5 Å². The molecule has 0 radical (unpaired) electrons. The van der Waals surface area contributed by atoms with Gasteiger partial charge in [0.25, 0.3) is 15.9 Å². The molecule has 0 amide bonds. The fourth-order valence-corrected chi connectivity index (χ4v) is 5.87. The normalized spacial score (nSPS) is 14.1. The highest BCUT2D eigenvalue weighted by Gasteiger charge is 2.23. The number of benzene rings is 1. The number of imidazole rings is 1. The molecule has 6 rings (SSSR count). The number of methoxy groups -OCH3 is 1. The topological polar surface area (TPSA) is 128 Å². The van der Waals surface area contributed by atoms with Gasteiger partial charge in [0.15, 0.2) is 0 Å². The standard InChI is InChI=1S/C27H25F2N7O4S/c1-39-26-21(34-41(37,38)23-6-5-19(28)13-20(23)29)12-18(14-31-26)17-4-7-24-30-15-22(36(24)16-17)27-33-32-25(40-27)8-11-35-9-2-3-10-35/h4-7,12-16,34H,2-3,8-11H2,1H3. The van der Waals surface area contributed by atoms with E-state index in [9.17, 15) is 17.2 Å². The van der Waals surface area contributed by atoms with Crippen LogP contribution in [0.25, 0.3) is 28.4 Å².